The molecule has 1 aromatic heterocycles. The van der Waals surface area contributed by atoms with Crippen LogP contribution in [0.25, 0.3) is 11.3 Å². The van der Waals surface area contributed by atoms with Crippen LogP contribution in [0.3, 0.4) is 0 Å². The van der Waals surface area contributed by atoms with Gasteiger partial charge in [-0.2, -0.15) is 5.10 Å². The molecule has 0 amide bonds. The zero-order chi connectivity index (χ0) is 20.8. The first kappa shape index (κ1) is 20.7. The molecule has 4 rings (SSSR count). The van der Waals surface area contributed by atoms with E-state index in [0.29, 0.717) is 23.7 Å². The number of nitrogens with zero attached hydrogens (tertiary/aromatic N) is 2. The number of nitrogens with one attached hydrogen (secondary N) is 2. The zero-order valence-corrected chi connectivity index (χ0v) is 17.1. The summed E-state index contributed by atoms with van der Waals surface area (Å²) in [5.74, 6) is -0.557. The monoisotopic (exact) mass is 410 g/mol. The molecule has 6 heteroatoms. The van der Waals surface area contributed by atoms with Crippen LogP contribution in [-0.4, -0.2) is 41.3 Å². The average molecular weight is 411 g/mol. The highest BCUT2D eigenvalue weighted by atomic mass is 19.1. The highest BCUT2D eigenvalue weighted by molar-refractivity contribution is 5.63. The van der Waals surface area contributed by atoms with Crippen molar-refractivity contribution in [3.63, 3.8) is 0 Å². The van der Waals surface area contributed by atoms with E-state index >= 15 is 0 Å². The Hall–Kier alpha value is -2.57. The van der Waals surface area contributed by atoms with Crippen molar-refractivity contribution in [2.75, 3.05) is 26.2 Å². The number of benzene rings is 2. The van der Waals surface area contributed by atoms with Crippen molar-refractivity contribution in [1.29, 1.82) is 0 Å². The topological polar surface area (TPSA) is 44.0 Å². The minimum absolute atomic E-state index is 0.343. The van der Waals surface area contributed by atoms with Crippen molar-refractivity contribution in [1.82, 2.24) is 20.4 Å². The van der Waals surface area contributed by atoms with Crippen molar-refractivity contribution in [2.24, 2.45) is 5.92 Å². The highest BCUT2D eigenvalue weighted by Crippen LogP contribution is 2.25. The van der Waals surface area contributed by atoms with Gasteiger partial charge in [0.15, 0.2) is 0 Å². The minimum atomic E-state index is -0.582. The Morgan fingerprint density at radius 2 is 2.00 bits per heavy atom. The predicted octanol–water partition coefficient (Wildman–Crippen LogP) is 4.40. The molecule has 4 nitrogen and oxygen atoms in total. The van der Waals surface area contributed by atoms with Gasteiger partial charge in [0.05, 0.1) is 11.9 Å². The van der Waals surface area contributed by atoms with Crippen molar-refractivity contribution < 1.29 is 8.78 Å². The van der Waals surface area contributed by atoms with Crippen molar-refractivity contribution in [2.45, 2.75) is 25.8 Å². The van der Waals surface area contributed by atoms with Crippen molar-refractivity contribution >= 4 is 0 Å². The molecular formula is C24H28F2N4. The lowest BCUT2D eigenvalue weighted by molar-refractivity contribution is 0.174. The van der Waals surface area contributed by atoms with Gasteiger partial charge in [0.2, 0.25) is 0 Å². The molecule has 0 saturated carbocycles. The number of rotatable bonds is 8. The summed E-state index contributed by atoms with van der Waals surface area (Å²) < 4.78 is 27.3. The van der Waals surface area contributed by atoms with Gasteiger partial charge in [-0.05, 0) is 56.0 Å². The minimum Gasteiger partial charge on any atom is -0.312 e. The molecule has 1 saturated heterocycles. The van der Waals surface area contributed by atoms with E-state index in [0.717, 1.165) is 37.7 Å². The Labute approximate surface area is 176 Å². The molecule has 2 N–H and O–H groups in total. The second-order valence-corrected chi connectivity index (χ2v) is 8.07. The van der Waals surface area contributed by atoms with Gasteiger partial charge in [0.1, 0.15) is 11.6 Å². The molecule has 1 unspecified atom stereocenters. The maximum Gasteiger partial charge on any atom is 0.135 e. The van der Waals surface area contributed by atoms with Gasteiger partial charge < -0.3 is 10.2 Å². The molecule has 1 aliphatic rings. The fourth-order valence-corrected chi connectivity index (χ4v) is 4.23. The van der Waals surface area contributed by atoms with Gasteiger partial charge in [0, 0.05) is 36.8 Å². The zero-order valence-electron chi connectivity index (χ0n) is 17.1. The molecule has 3 aromatic rings. The maximum atomic E-state index is 14.1. The normalized spacial score (nSPS) is 17.3. The van der Waals surface area contributed by atoms with E-state index < -0.39 is 11.6 Å². The van der Waals surface area contributed by atoms with Gasteiger partial charge in [-0.1, -0.05) is 30.3 Å². The van der Waals surface area contributed by atoms with Crippen LogP contribution in [0.4, 0.5) is 8.78 Å². The molecule has 158 valence electrons. The summed E-state index contributed by atoms with van der Waals surface area (Å²) in [6.07, 6.45) is 5.24. The molecule has 1 aliphatic heterocycles. The first-order valence-electron chi connectivity index (χ1n) is 10.6. The Kier molecular flexibility index (Phi) is 6.87. The summed E-state index contributed by atoms with van der Waals surface area (Å²) in [7, 11) is 0. The second kappa shape index (κ2) is 9.96. The third-order valence-corrected chi connectivity index (χ3v) is 5.83. The molecule has 0 spiro atoms. The average Bonchev–Trinajstić information content (AvgIpc) is 3.21. The summed E-state index contributed by atoms with van der Waals surface area (Å²) in [5.41, 5.74) is 3.22. The van der Waals surface area contributed by atoms with E-state index in [1.165, 1.54) is 37.1 Å². The third-order valence-electron chi connectivity index (χ3n) is 5.83. The van der Waals surface area contributed by atoms with Crippen molar-refractivity contribution in [3.05, 3.63) is 77.5 Å². The fourth-order valence-electron chi connectivity index (χ4n) is 4.23. The fraction of sp³-hybridized carbons (Fsp3) is 0.375. The van der Waals surface area contributed by atoms with Gasteiger partial charge in [0.25, 0.3) is 0 Å². The second-order valence-electron chi connectivity index (χ2n) is 8.07. The maximum absolute atomic E-state index is 14.1. The summed E-state index contributed by atoms with van der Waals surface area (Å²) in [5, 5.41) is 10.4. The van der Waals surface area contributed by atoms with Crippen LogP contribution in [0.2, 0.25) is 0 Å². The summed E-state index contributed by atoms with van der Waals surface area (Å²) in [6, 6.07) is 14.3. The number of aromatic nitrogens is 2. The summed E-state index contributed by atoms with van der Waals surface area (Å²) in [6.45, 7) is 4.88. The molecule has 1 fully saturated rings. The Morgan fingerprint density at radius 3 is 2.83 bits per heavy atom. The smallest absolute Gasteiger partial charge is 0.135 e. The number of H-pyrrole nitrogens is 1. The standard InChI is InChI=1S/C24H28F2N4/c25-21-8-9-22(23(26)13-21)24-20(16-28-29-24)15-27-14-19-7-4-11-30(17-19)12-10-18-5-2-1-3-6-18/h1-3,5-6,8-9,13,16,19,27H,4,7,10-12,14-15,17H2,(H,28,29). The van der Waals surface area contributed by atoms with Gasteiger partial charge >= 0.3 is 0 Å². The third kappa shape index (κ3) is 5.32. The van der Waals surface area contributed by atoms with Gasteiger partial charge in [-0.15, -0.1) is 0 Å². The largest absolute Gasteiger partial charge is 0.312 e. The number of hydrogen-bond donors (Lipinski definition) is 2. The summed E-state index contributed by atoms with van der Waals surface area (Å²) in [4.78, 5) is 2.56. The number of hydrogen-bond acceptors (Lipinski definition) is 3. The van der Waals surface area contributed by atoms with Crippen LogP contribution in [0.5, 0.6) is 0 Å². The van der Waals surface area contributed by atoms with E-state index in [9.17, 15) is 8.78 Å². The van der Waals surface area contributed by atoms with Gasteiger partial charge in [-0.3, -0.25) is 5.10 Å². The first-order valence-corrected chi connectivity index (χ1v) is 10.6. The van der Waals surface area contributed by atoms with Crippen LogP contribution in [0.1, 0.15) is 24.0 Å². The van der Waals surface area contributed by atoms with E-state index in [4.69, 9.17) is 0 Å². The number of likely N-dealkylation sites (tertiary alicyclic amines) is 1. The van der Waals surface area contributed by atoms with Crippen LogP contribution in [0, 0.1) is 17.6 Å². The SMILES string of the molecule is Fc1ccc(-c2[nH]ncc2CNCC2CCCN(CCc3ccccc3)C2)c(F)c1. The van der Waals surface area contributed by atoms with Crippen LogP contribution in [-0.2, 0) is 13.0 Å². The van der Waals surface area contributed by atoms with Crippen LogP contribution in [0.15, 0.2) is 54.7 Å². The Morgan fingerprint density at radius 1 is 1.13 bits per heavy atom. The molecule has 0 bridgehead atoms. The van der Waals surface area contributed by atoms with Crippen LogP contribution >= 0.6 is 0 Å². The van der Waals surface area contributed by atoms with E-state index in [1.807, 2.05) is 0 Å². The van der Waals surface area contributed by atoms with E-state index in [-0.39, 0.29) is 0 Å². The predicted molar refractivity (Wildman–Crippen MR) is 115 cm³/mol. The molecule has 30 heavy (non-hydrogen) atoms. The molecule has 0 radical (unpaired) electrons. The van der Waals surface area contributed by atoms with Crippen LogP contribution < -0.4 is 5.32 Å². The van der Waals surface area contributed by atoms with Crippen molar-refractivity contribution in [3.8, 4) is 11.3 Å². The number of halogens is 2. The number of aromatic amines is 1. The molecule has 2 aromatic carbocycles. The quantitative estimate of drug-likeness (QED) is 0.579. The Bertz CT molecular complexity index is 941. The van der Waals surface area contributed by atoms with Gasteiger partial charge in [-0.25, -0.2) is 8.78 Å². The first-order chi connectivity index (χ1) is 14.7. The lowest BCUT2D eigenvalue weighted by Crippen LogP contribution is -2.40. The Balaban J connectivity index is 1.27. The van der Waals surface area contributed by atoms with E-state index in [1.54, 1.807) is 6.20 Å². The molecule has 0 aliphatic carbocycles. The molecular weight excluding hydrogens is 382 g/mol. The number of piperidine rings is 1. The van der Waals surface area contributed by atoms with E-state index in [2.05, 4.69) is 50.7 Å². The molecule has 1 atom stereocenters. The highest BCUT2D eigenvalue weighted by Gasteiger charge is 2.20. The lowest BCUT2D eigenvalue weighted by atomic mass is 9.97. The molecule has 2 heterocycles. The summed E-state index contributed by atoms with van der Waals surface area (Å²) >= 11 is 0. The lowest BCUT2D eigenvalue weighted by Gasteiger charge is -2.33.